The quantitative estimate of drug-likeness (QED) is 0.561. The lowest BCUT2D eigenvalue weighted by Gasteiger charge is -2.12. The molecule has 3 nitrogen and oxygen atoms in total. The summed E-state index contributed by atoms with van der Waals surface area (Å²) in [4.78, 5) is 26.8. The van der Waals surface area contributed by atoms with Gasteiger partial charge in [0.25, 0.3) is 11.1 Å². The first-order valence-electron chi connectivity index (χ1n) is 8.65. The average molecular weight is 371 g/mol. The molecule has 0 aromatic heterocycles. The molecule has 4 heteroatoms. The normalized spacial score (nSPS) is 15.6. The van der Waals surface area contributed by atoms with E-state index in [9.17, 15) is 9.59 Å². The highest BCUT2D eigenvalue weighted by Crippen LogP contribution is 2.33. The highest BCUT2D eigenvalue weighted by molar-refractivity contribution is 8.18. The fraction of sp³-hybridized carbons (Fsp3) is 0.0435. The molecule has 3 aromatic rings. The summed E-state index contributed by atoms with van der Waals surface area (Å²) in [5, 5.41) is -0.227. The van der Waals surface area contributed by atoms with Gasteiger partial charge in [0, 0.05) is 0 Å². The van der Waals surface area contributed by atoms with Crippen LogP contribution < -0.4 is 0 Å². The summed E-state index contributed by atoms with van der Waals surface area (Å²) < 4.78 is 0. The van der Waals surface area contributed by atoms with Crippen molar-refractivity contribution in [3.8, 4) is 11.1 Å². The molecular formula is C23H17NO2S. The minimum absolute atomic E-state index is 0.227. The van der Waals surface area contributed by atoms with E-state index in [-0.39, 0.29) is 11.1 Å². The summed E-state index contributed by atoms with van der Waals surface area (Å²) in [5.74, 6) is -0.237. The van der Waals surface area contributed by atoms with E-state index in [2.05, 4.69) is 0 Å². The van der Waals surface area contributed by atoms with Gasteiger partial charge in [-0.3, -0.25) is 14.5 Å². The Morgan fingerprint density at radius 1 is 0.778 bits per heavy atom. The van der Waals surface area contributed by atoms with Crippen LogP contribution in [0.1, 0.15) is 11.1 Å². The maximum atomic E-state index is 12.7. The van der Waals surface area contributed by atoms with Crippen LogP contribution in [0, 0.1) is 0 Å². The zero-order valence-electron chi connectivity index (χ0n) is 14.5. The summed E-state index contributed by atoms with van der Waals surface area (Å²) in [6.07, 6.45) is 1.79. The lowest BCUT2D eigenvalue weighted by Crippen LogP contribution is -2.27. The molecule has 0 N–H and O–H groups in total. The summed E-state index contributed by atoms with van der Waals surface area (Å²) in [6, 6.07) is 27.6. The number of amides is 2. The van der Waals surface area contributed by atoms with E-state index in [0.29, 0.717) is 11.4 Å². The van der Waals surface area contributed by atoms with Crippen molar-refractivity contribution in [3.05, 3.63) is 101 Å². The Kier molecular flexibility index (Phi) is 4.90. The molecule has 1 heterocycles. The fourth-order valence-corrected chi connectivity index (χ4v) is 3.83. The van der Waals surface area contributed by atoms with Crippen molar-refractivity contribution in [2.24, 2.45) is 0 Å². The number of hydrogen-bond donors (Lipinski definition) is 0. The van der Waals surface area contributed by atoms with Crippen molar-refractivity contribution >= 4 is 29.0 Å². The molecular weight excluding hydrogens is 354 g/mol. The Hall–Kier alpha value is -3.11. The van der Waals surface area contributed by atoms with Gasteiger partial charge < -0.3 is 0 Å². The Labute approximate surface area is 162 Å². The number of carbonyl (C=O) groups excluding carboxylic acids is 2. The SMILES string of the molecule is O=C1S/C(=C\c2cccc(-c3ccccc3)c2)C(=O)N1Cc1ccccc1. The van der Waals surface area contributed by atoms with Gasteiger partial charge in [0.15, 0.2) is 0 Å². The molecule has 27 heavy (non-hydrogen) atoms. The molecule has 1 saturated heterocycles. The number of imide groups is 1. The monoisotopic (exact) mass is 371 g/mol. The second-order valence-corrected chi connectivity index (χ2v) is 7.24. The molecule has 2 amide bonds. The smallest absolute Gasteiger partial charge is 0.268 e. The van der Waals surface area contributed by atoms with Gasteiger partial charge in [-0.1, -0.05) is 78.9 Å². The van der Waals surface area contributed by atoms with Crippen molar-refractivity contribution in [1.29, 1.82) is 0 Å². The predicted octanol–water partition coefficient (Wildman–Crippen LogP) is 5.59. The van der Waals surface area contributed by atoms with Gasteiger partial charge in [-0.2, -0.15) is 0 Å². The molecule has 4 rings (SSSR count). The minimum Gasteiger partial charge on any atom is -0.268 e. The van der Waals surface area contributed by atoms with E-state index in [1.165, 1.54) is 4.90 Å². The maximum absolute atomic E-state index is 12.7. The molecule has 0 bridgehead atoms. The van der Waals surface area contributed by atoms with Crippen molar-refractivity contribution in [2.75, 3.05) is 0 Å². The Balaban J connectivity index is 1.58. The number of hydrogen-bond acceptors (Lipinski definition) is 3. The molecule has 0 spiro atoms. The van der Waals surface area contributed by atoms with Crippen LogP contribution in [0.3, 0.4) is 0 Å². The van der Waals surface area contributed by atoms with Gasteiger partial charge in [0.1, 0.15) is 0 Å². The number of benzene rings is 3. The van der Waals surface area contributed by atoms with Gasteiger partial charge in [0.2, 0.25) is 0 Å². The van der Waals surface area contributed by atoms with Gasteiger partial charge in [-0.05, 0) is 46.2 Å². The van der Waals surface area contributed by atoms with Crippen LogP contribution in [0.25, 0.3) is 17.2 Å². The molecule has 0 aliphatic carbocycles. The van der Waals surface area contributed by atoms with E-state index in [1.807, 2.05) is 84.9 Å². The standard InChI is InChI=1S/C23H17NO2S/c25-22-21(27-23(26)24(22)16-17-8-3-1-4-9-17)15-18-10-7-13-20(14-18)19-11-5-2-6-12-19/h1-15H,16H2/b21-15-. The topological polar surface area (TPSA) is 37.4 Å². The highest BCUT2D eigenvalue weighted by atomic mass is 32.2. The number of carbonyl (C=O) groups is 2. The van der Waals surface area contributed by atoms with Crippen LogP contribution in [0.2, 0.25) is 0 Å². The first kappa shape index (κ1) is 17.3. The van der Waals surface area contributed by atoms with E-state index >= 15 is 0 Å². The summed E-state index contributed by atoms with van der Waals surface area (Å²) in [5.41, 5.74) is 4.03. The zero-order valence-corrected chi connectivity index (χ0v) is 15.4. The highest BCUT2D eigenvalue weighted by Gasteiger charge is 2.34. The van der Waals surface area contributed by atoms with E-state index < -0.39 is 0 Å². The first-order chi connectivity index (χ1) is 13.2. The molecule has 0 saturated carbocycles. The van der Waals surface area contributed by atoms with Crippen molar-refractivity contribution < 1.29 is 9.59 Å². The largest absolute Gasteiger partial charge is 0.293 e. The fourth-order valence-electron chi connectivity index (χ4n) is 2.99. The van der Waals surface area contributed by atoms with Crippen LogP contribution in [0.15, 0.2) is 89.8 Å². The van der Waals surface area contributed by atoms with Crippen LogP contribution in [0.5, 0.6) is 0 Å². The Bertz CT molecular complexity index is 1010. The summed E-state index contributed by atoms with van der Waals surface area (Å²) >= 11 is 0.996. The molecule has 1 aliphatic heterocycles. The van der Waals surface area contributed by atoms with Gasteiger partial charge >= 0.3 is 0 Å². The number of rotatable bonds is 4. The van der Waals surface area contributed by atoms with Crippen molar-refractivity contribution in [1.82, 2.24) is 4.90 Å². The zero-order chi connectivity index (χ0) is 18.6. The summed E-state index contributed by atoms with van der Waals surface area (Å²) in [7, 11) is 0. The first-order valence-corrected chi connectivity index (χ1v) is 9.47. The molecule has 0 radical (unpaired) electrons. The lowest BCUT2D eigenvalue weighted by atomic mass is 10.0. The second-order valence-electron chi connectivity index (χ2n) is 6.24. The van der Waals surface area contributed by atoms with Gasteiger partial charge in [-0.25, -0.2) is 0 Å². The molecule has 1 fully saturated rings. The van der Waals surface area contributed by atoms with Crippen LogP contribution in [-0.2, 0) is 11.3 Å². The molecule has 3 aromatic carbocycles. The molecule has 132 valence electrons. The lowest BCUT2D eigenvalue weighted by molar-refractivity contribution is -0.123. The maximum Gasteiger partial charge on any atom is 0.293 e. The number of thioether (sulfide) groups is 1. The van der Waals surface area contributed by atoms with Gasteiger partial charge in [0.05, 0.1) is 11.4 Å². The summed E-state index contributed by atoms with van der Waals surface area (Å²) in [6.45, 7) is 0.299. The van der Waals surface area contributed by atoms with Gasteiger partial charge in [-0.15, -0.1) is 0 Å². The van der Waals surface area contributed by atoms with Crippen LogP contribution in [0.4, 0.5) is 4.79 Å². The van der Waals surface area contributed by atoms with E-state index in [0.717, 1.165) is 34.0 Å². The second kappa shape index (κ2) is 7.64. The Morgan fingerprint density at radius 3 is 2.19 bits per heavy atom. The molecule has 0 atom stereocenters. The van der Waals surface area contributed by atoms with Crippen molar-refractivity contribution in [2.45, 2.75) is 6.54 Å². The van der Waals surface area contributed by atoms with E-state index in [4.69, 9.17) is 0 Å². The third-order valence-corrected chi connectivity index (χ3v) is 5.26. The van der Waals surface area contributed by atoms with Crippen LogP contribution >= 0.6 is 11.8 Å². The minimum atomic E-state index is -0.237. The third-order valence-electron chi connectivity index (χ3n) is 4.35. The Morgan fingerprint density at radius 2 is 1.44 bits per heavy atom. The van der Waals surface area contributed by atoms with E-state index in [1.54, 1.807) is 6.08 Å². The predicted molar refractivity (Wildman–Crippen MR) is 110 cm³/mol. The number of nitrogens with zero attached hydrogens (tertiary/aromatic N) is 1. The van der Waals surface area contributed by atoms with Crippen LogP contribution in [-0.4, -0.2) is 16.0 Å². The molecule has 1 aliphatic rings. The molecule has 0 unspecified atom stereocenters. The third kappa shape index (κ3) is 3.86. The van der Waals surface area contributed by atoms with Crippen molar-refractivity contribution in [3.63, 3.8) is 0 Å². The average Bonchev–Trinajstić information content (AvgIpc) is 2.97.